The molecule has 0 saturated carbocycles. The van der Waals surface area contributed by atoms with Crippen LogP contribution in [0.1, 0.15) is 28.4 Å². The van der Waals surface area contributed by atoms with Crippen molar-refractivity contribution in [1.82, 2.24) is 4.90 Å². The maximum Gasteiger partial charge on any atom is 0.335 e. The van der Waals surface area contributed by atoms with Crippen LogP contribution in [-0.4, -0.2) is 40.7 Å². The first-order valence-corrected chi connectivity index (χ1v) is 12.8. The summed E-state index contributed by atoms with van der Waals surface area (Å²) in [4.78, 5) is 30.7. The zero-order valence-corrected chi connectivity index (χ0v) is 22.3. The molecule has 1 saturated heterocycles. The maximum absolute atomic E-state index is 14.0. The predicted octanol–water partition coefficient (Wildman–Crippen LogP) is 6.50. The van der Waals surface area contributed by atoms with Gasteiger partial charge in [-0.2, -0.15) is 0 Å². The van der Waals surface area contributed by atoms with Gasteiger partial charge < -0.3 is 14.6 Å². The largest absolute Gasteiger partial charge is 0.493 e. The Bertz CT molecular complexity index is 1410. The number of benzene rings is 3. The quantitative estimate of drug-likeness (QED) is 0.304. The van der Waals surface area contributed by atoms with E-state index < -0.39 is 5.97 Å². The summed E-state index contributed by atoms with van der Waals surface area (Å²) >= 11 is 4.72. The van der Waals surface area contributed by atoms with E-state index in [1.54, 1.807) is 53.4 Å². The number of halogens is 2. The molecular formula is C27H22BrFN2O5S. The number of amides is 1. The van der Waals surface area contributed by atoms with Gasteiger partial charge in [0.25, 0.3) is 5.91 Å². The minimum Gasteiger partial charge on any atom is -0.493 e. The third-order valence-electron chi connectivity index (χ3n) is 5.42. The van der Waals surface area contributed by atoms with E-state index in [1.165, 1.54) is 37.1 Å². The van der Waals surface area contributed by atoms with E-state index >= 15 is 0 Å². The smallest absolute Gasteiger partial charge is 0.335 e. The molecule has 1 fully saturated rings. The van der Waals surface area contributed by atoms with Gasteiger partial charge in [0.2, 0.25) is 0 Å². The van der Waals surface area contributed by atoms with Gasteiger partial charge >= 0.3 is 5.97 Å². The summed E-state index contributed by atoms with van der Waals surface area (Å²) in [6.45, 7) is 2.30. The molecule has 1 aliphatic heterocycles. The fourth-order valence-electron chi connectivity index (χ4n) is 3.54. The van der Waals surface area contributed by atoms with Crippen molar-refractivity contribution in [1.29, 1.82) is 0 Å². The van der Waals surface area contributed by atoms with Gasteiger partial charge in [0.1, 0.15) is 12.4 Å². The number of likely N-dealkylation sites (N-methyl/N-ethyl adjacent to an activating group) is 1. The lowest BCUT2D eigenvalue weighted by Crippen LogP contribution is -2.28. The van der Waals surface area contributed by atoms with Gasteiger partial charge in [-0.25, -0.2) is 14.2 Å². The molecule has 3 aromatic carbocycles. The number of aliphatic imine (C=N–C) groups is 1. The summed E-state index contributed by atoms with van der Waals surface area (Å²) in [5, 5.41) is 9.58. The Morgan fingerprint density at radius 2 is 1.92 bits per heavy atom. The molecule has 190 valence electrons. The third-order valence-corrected chi connectivity index (χ3v) is 7.02. The molecule has 0 aliphatic carbocycles. The number of hydrogen-bond acceptors (Lipinski definition) is 6. The molecule has 3 aromatic rings. The van der Waals surface area contributed by atoms with Crippen LogP contribution in [0, 0.1) is 5.82 Å². The van der Waals surface area contributed by atoms with Crippen LogP contribution in [0.5, 0.6) is 11.5 Å². The van der Waals surface area contributed by atoms with Crippen LogP contribution in [0.15, 0.2) is 75.0 Å². The topological polar surface area (TPSA) is 88.4 Å². The Balaban J connectivity index is 1.58. The van der Waals surface area contributed by atoms with E-state index in [1.807, 2.05) is 6.92 Å². The number of carboxylic acids is 1. The first-order valence-electron chi connectivity index (χ1n) is 11.2. The summed E-state index contributed by atoms with van der Waals surface area (Å²) < 4.78 is 25.9. The van der Waals surface area contributed by atoms with Gasteiger partial charge in [-0.15, -0.1) is 0 Å². The van der Waals surface area contributed by atoms with E-state index in [0.717, 1.165) is 0 Å². The molecule has 0 aromatic heterocycles. The van der Waals surface area contributed by atoms with Crippen LogP contribution in [0.25, 0.3) is 6.08 Å². The van der Waals surface area contributed by atoms with Crippen LogP contribution in [0.4, 0.5) is 10.1 Å². The summed E-state index contributed by atoms with van der Waals surface area (Å²) in [6, 6.07) is 16.0. The molecule has 1 aliphatic rings. The average molecular weight is 585 g/mol. The van der Waals surface area contributed by atoms with Crippen molar-refractivity contribution in [3.05, 3.63) is 92.5 Å². The zero-order valence-electron chi connectivity index (χ0n) is 19.9. The predicted molar refractivity (Wildman–Crippen MR) is 145 cm³/mol. The van der Waals surface area contributed by atoms with Crippen LogP contribution in [0.3, 0.4) is 0 Å². The molecule has 0 bridgehead atoms. The lowest BCUT2D eigenvalue weighted by Gasteiger charge is -2.14. The second-order valence-corrected chi connectivity index (χ2v) is 9.68. The molecule has 0 radical (unpaired) electrons. The van der Waals surface area contributed by atoms with Crippen molar-refractivity contribution in [2.45, 2.75) is 13.5 Å². The van der Waals surface area contributed by atoms with Gasteiger partial charge in [0.05, 0.1) is 27.7 Å². The summed E-state index contributed by atoms with van der Waals surface area (Å²) in [7, 11) is 1.50. The number of carbonyl (C=O) groups excluding carboxylic acids is 1. The van der Waals surface area contributed by atoms with Gasteiger partial charge in [-0.05, 0) is 88.7 Å². The molecule has 0 unspecified atom stereocenters. The van der Waals surface area contributed by atoms with Crippen molar-refractivity contribution >= 4 is 56.5 Å². The molecule has 10 heteroatoms. The molecule has 0 spiro atoms. The highest BCUT2D eigenvalue weighted by atomic mass is 79.9. The Labute approximate surface area is 225 Å². The second-order valence-electron chi connectivity index (χ2n) is 7.82. The highest BCUT2D eigenvalue weighted by Crippen LogP contribution is 2.40. The lowest BCUT2D eigenvalue weighted by molar-refractivity contribution is -0.122. The SMILES string of the molecule is CCN1C(=O)/C(=C/c2cc(Br)c(OCc3ccccc3F)c(OC)c2)SC1=Nc1ccc(C(=O)O)cc1. The fourth-order valence-corrected chi connectivity index (χ4v) is 5.18. The third kappa shape index (κ3) is 6.03. The number of rotatable bonds is 8. The van der Waals surface area contributed by atoms with E-state index in [4.69, 9.17) is 14.6 Å². The first kappa shape index (κ1) is 26.4. The average Bonchev–Trinajstić information content (AvgIpc) is 3.17. The van der Waals surface area contributed by atoms with E-state index in [-0.39, 0.29) is 23.9 Å². The van der Waals surface area contributed by atoms with Crippen molar-refractivity contribution in [3.8, 4) is 11.5 Å². The number of methoxy groups -OCH3 is 1. The minimum atomic E-state index is -1.02. The van der Waals surface area contributed by atoms with Crippen molar-refractivity contribution < 1.29 is 28.6 Å². The van der Waals surface area contributed by atoms with Gasteiger partial charge in [-0.3, -0.25) is 9.69 Å². The molecule has 4 rings (SSSR count). The molecule has 1 amide bonds. The number of carboxylic acid groups (broad SMARTS) is 1. The number of hydrogen-bond donors (Lipinski definition) is 1. The number of nitrogens with zero attached hydrogens (tertiary/aromatic N) is 2. The highest BCUT2D eigenvalue weighted by molar-refractivity contribution is 9.10. The molecule has 0 atom stereocenters. The van der Waals surface area contributed by atoms with Crippen LogP contribution in [-0.2, 0) is 11.4 Å². The molecule has 1 N–H and O–H groups in total. The molecule has 37 heavy (non-hydrogen) atoms. The van der Waals surface area contributed by atoms with Crippen molar-refractivity contribution in [3.63, 3.8) is 0 Å². The monoisotopic (exact) mass is 584 g/mol. The number of aromatic carboxylic acids is 1. The normalized spacial score (nSPS) is 15.5. The Kier molecular flexibility index (Phi) is 8.30. The number of ether oxygens (including phenoxy) is 2. The summed E-state index contributed by atoms with van der Waals surface area (Å²) in [6.07, 6.45) is 1.74. The molecule has 1 heterocycles. The van der Waals surface area contributed by atoms with Crippen molar-refractivity contribution in [2.75, 3.05) is 13.7 Å². The van der Waals surface area contributed by atoms with E-state index in [9.17, 15) is 14.0 Å². The standard InChI is InChI=1S/C27H22BrFN2O5S/c1-3-31-25(32)23(37-27(31)30-19-10-8-17(9-11-19)26(33)34)14-16-12-20(28)24(22(13-16)35-2)36-15-18-6-4-5-7-21(18)29/h4-14H,3,15H2,1-2H3,(H,33,34)/b23-14-,30-27?. The van der Waals surface area contributed by atoms with Crippen LogP contribution < -0.4 is 9.47 Å². The number of carbonyl (C=O) groups is 2. The molecule has 7 nitrogen and oxygen atoms in total. The maximum atomic E-state index is 14.0. The van der Waals surface area contributed by atoms with Crippen LogP contribution >= 0.6 is 27.7 Å². The highest BCUT2D eigenvalue weighted by Gasteiger charge is 2.32. The van der Waals surface area contributed by atoms with Gasteiger partial charge in [0, 0.05) is 12.1 Å². The lowest BCUT2D eigenvalue weighted by atomic mass is 10.1. The van der Waals surface area contributed by atoms with E-state index in [0.29, 0.717) is 49.4 Å². The first-order chi connectivity index (χ1) is 17.8. The minimum absolute atomic E-state index is 0.0230. The van der Waals surface area contributed by atoms with Gasteiger partial charge in [0.15, 0.2) is 16.7 Å². The number of amidine groups is 1. The second kappa shape index (κ2) is 11.6. The fraction of sp³-hybridized carbons (Fsp3) is 0.148. The summed E-state index contributed by atoms with van der Waals surface area (Å²) in [5.41, 5.74) is 1.81. The Morgan fingerprint density at radius 3 is 2.57 bits per heavy atom. The molecular weight excluding hydrogens is 563 g/mol. The Morgan fingerprint density at radius 1 is 1.19 bits per heavy atom. The van der Waals surface area contributed by atoms with E-state index in [2.05, 4.69) is 20.9 Å². The Hall–Kier alpha value is -3.63. The number of thioether (sulfide) groups is 1. The zero-order chi connectivity index (χ0) is 26.5. The summed E-state index contributed by atoms with van der Waals surface area (Å²) in [5.74, 6) is -0.724. The van der Waals surface area contributed by atoms with Crippen LogP contribution in [0.2, 0.25) is 0 Å². The van der Waals surface area contributed by atoms with Gasteiger partial charge in [-0.1, -0.05) is 18.2 Å². The van der Waals surface area contributed by atoms with Crippen molar-refractivity contribution in [2.24, 2.45) is 4.99 Å².